The van der Waals surface area contributed by atoms with Crippen LogP contribution in [0, 0.1) is 5.92 Å². The molecule has 0 saturated carbocycles. The molecule has 1 aromatic carbocycles. The van der Waals surface area contributed by atoms with E-state index in [1.54, 1.807) is 31.2 Å². The van der Waals surface area contributed by atoms with Crippen LogP contribution in [-0.2, 0) is 9.53 Å². The summed E-state index contributed by atoms with van der Waals surface area (Å²) >= 11 is 0. The Bertz CT molecular complexity index is 485. The SMILES string of the molecule is CCNC(=O)[C@@H](C)OC(=O)c1cccc(OCC(C)C)c1. The predicted octanol–water partition coefficient (Wildman–Crippen LogP) is 2.40. The molecule has 5 nitrogen and oxygen atoms in total. The number of nitrogens with one attached hydrogen (secondary N) is 1. The molecule has 0 bridgehead atoms. The lowest BCUT2D eigenvalue weighted by molar-refractivity contribution is -0.128. The number of hydrogen-bond acceptors (Lipinski definition) is 4. The fraction of sp³-hybridized carbons (Fsp3) is 0.500. The Morgan fingerprint density at radius 3 is 2.57 bits per heavy atom. The fourth-order valence-electron chi connectivity index (χ4n) is 1.58. The highest BCUT2D eigenvalue weighted by Gasteiger charge is 2.18. The van der Waals surface area contributed by atoms with Crippen LogP contribution in [0.1, 0.15) is 38.1 Å². The van der Waals surface area contributed by atoms with Gasteiger partial charge >= 0.3 is 5.97 Å². The van der Waals surface area contributed by atoms with Gasteiger partial charge in [-0.3, -0.25) is 4.79 Å². The number of esters is 1. The summed E-state index contributed by atoms with van der Waals surface area (Å²) in [5.74, 6) is 0.170. The smallest absolute Gasteiger partial charge is 0.339 e. The topological polar surface area (TPSA) is 64.6 Å². The van der Waals surface area contributed by atoms with Gasteiger partial charge < -0.3 is 14.8 Å². The minimum Gasteiger partial charge on any atom is -0.493 e. The van der Waals surface area contributed by atoms with Crippen molar-refractivity contribution in [2.24, 2.45) is 5.92 Å². The van der Waals surface area contributed by atoms with E-state index in [1.165, 1.54) is 0 Å². The van der Waals surface area contributed by atoms with Crippen molar-refractivity contribution in [3.05, 3.63) is 29.8 Å². The Kier molecular flexibility index (Phi) is 6.72. The van der Waals surface area contributed by atoms with Gasteiger partial charge in [-0.25, -0.2) is 4.79 Å². The molecule has 0 spiro atoms. The first-order valence-electron chi connectivity index (χ1n) is 7.15. The molecule has 0 aliphatic rings. The normalized spacial score (nSPS) is 11.9. The Balaban J connectivity index is 2.65. The maximum absolute atomic E-state index is 12.0. The fourth-order valence-corrected chi connectivity index (χ4v) is 1.58. The second-order valence-electron chi connectivity index (χ2n) is 5.17. The molecule has 1 aromatic rings. The van der Waals surface area contributed by atoms with Gasteiger partial charge in [-0.2, -0.15) is 0 Å². The maximum atomic E-state index is 12.0. The Morgan fingerprint density at radius 2 is 1.95 bits per heavy atom. The molecule has 21 heavy (non-hydrogen) atoms. The van der Waals surface area contributed by atoms with Crippen LogP contribution in [0.4, 0.5) is 0 Å². The first-order chi connectivity index (χ1) is 9.93. The number of hydrogen-bond donors (Lipinski definition) is 1. The Labute approximate surface area is 125 Å². The van der Waals surface area contributed by atoms with Crippen LogP contribution in [-0.4, -0.2) is 31.1 Å². The second-order valence-corrected chi connectivity index (χ2v) is 5.17. The standard InChI is InChI=1S/C16H23NO4/c1-5-17-15(18)12(4)21-16(19)13-7-6-8-14(9-13)20-10-11(2)3/h6-9,11-12H,5,10H2,1-4H3,(H,17,18)/t12-/m1/s1. The Morgan fingerprint density at radius 1 is 1.24 bits per heavy atom. The summed E-state index contributed by atoms with van der Waals surface area (Å²) < 4.78 is 10.7. The van der Waals surface area contributed by atoms with Gasteiger partial charge in [0.25, 0.3) is 5.91 Å². The zero-order valence-corrected chi connectivity index (χ0v) is 13.0. The van der Waals surface area contributed by atoms with Crippen LogP contribution in [0.2, 0.25) is 0 Å². The van der Waals surface area contributed by atoms with Crippen molar-refractivity contribution in [2.45, 2.75) is 33.8 Å². The zero-order valence-electron chi connectivity index (χ0n) is 13.0. The average molecular weight is 293 g/mol. The molecule has 0 heterocycles. The zero-order chi connectivity index (χ0) is 15.8. The molecule has 0 aromatic heterocycles. The molecule has 116 valence electrons. The highest BCUT2D eigenvalue weighted by Crippen LogP contribution is 2.15. The molecular formula is C16H23NO4. The van der Waals surface area contributed by atoms with E-state index in [-0.39, 0.29) is 5.91 Å². The summed E-state index contributed by atoms with van der Waals surface area (Å²) in [6.07, 6.45) is -0.822. The van der Waals surface area contributed by atoms with Gasteiger partial charge in [0.2, 0.25) is 0 Å². The number of amides is 1. The average Bonchev–Trinajstić information content (AvgIpc) is 2.45. The van der Waals surface area contributed by atoms with Crippen molar-refractivity contribution in [3.8, 4) is 5.75 Å². The van der Waals surface area contributed by atoms with E-state index in [4.69, 9.17) is 9.47 Å². The molecule has 1 rings (SSSR count). The van der Waals surface area contributed by atoms with Crippen molar-refractivity contribution in [1.82, 2.24) is 5.32 Å². The monoisotopic (exact) mass is 293 g/mol. The Hall–Kier alpha value is -2.04. The minimum absolute atomic E-state index is 0.307. The molecular weight excluding hydrogens is 270 g/mol. The maximum Gasteiger partial charge on any atom is 0.339 e. The van der Waals surface area contributed by atoms with E-state index in [0.717, 1.165) is 0 Å². The molecule has 1 N–H and O–H groups in total. The van der Waals surface area contributed by atoms with E-state index in [0.29, 0.717) is 30.4 Å². The lowest BCUT2D eigenvalue weighted by atomic mass is 10.2. The molecule has 0 aliphatic carbocycles. The molecule has 0 saturated heterocycles. The number of ether oxygens (including phenoxy) is 2. The van der Waals surface area contributed by atoms with E-state index in [9.17, 15) is 9.59 Å². The molecule has 0 radical (unpaired) electrons. The van der Waals surface area contributed by atoms with Gasteiger partial charge in [-0.15, -0.1) is 0 Å². The van der Waals surface area contributed by atoms with Crippen LogP contribution in [0.15, 0.2) is 24.3 Å². The quantitative estimate of drug-likeness (QED) is 0.784. The largest absolute Gasteiger partial charge is 0.493 e. The van der Waals surface area contributed by atoms with E-state index >= 15 is 0 Å². The van der Waals surface area contributed by atoms with Crippen LogP contribution in [0.3, 0.4) is 0 Å². The lowest BCUT2D eigenvalue weighted by Gasteiger charge is -2.13. The number of likely N-dealkylation sites (N-methyl/N-ethyl adjacent to an activating group) is 1. The molecule has 0 aliphatic heterocycles. The van der Waals surface area contributed by atoms with Gasteiger partial charge in [-0.1, -0.05) is 19.9 Å². The van der Waals surface area contributed by atoms with E-state index in [1.807, 2.05) is 20.8 Å². The highest BCUT2D eigenvalue weighted by atomic mass is 16.5. The molecule has 0 fully saturated rings. The molecule has 1 atom stereocenters. The van der Waals surface area contributed by atoms with Gasteiger partial charge in [0, 0.05) is 6.54 Å². The van der Waals surface area contributed by atoms with Crippen molar-refractivity contribution in [2.75, 3.05) is 13.2 Å². The van der Waals surface area contributed by atoms with Gasteiger partial charge in [-0.05, 0) is 38.0 Å². The summed E-state index contributed by atoms with van der Waals surface area (Å²) in [5, 5.41) is 2.61. The van der Waals surface area contributed by atoms with Gasteiger partial charge in [0.05, 0.1) is 12.2 Å². The number of carbonyl (C=O) groups excluding carboxylic acids is 2. The van der Waals surface area contributed by atoms with Crippen molar-refractivity contribution in [3.63, 3.8) is 0 Å². The summed E-state index contributed by atoms with van der Waals surface area (Å²) in [6, 6.07) is 6.76. The van der Waals surface area contributed by atoms with Crippen molar-refractivity contribution in [1.29, 1.82) is 0 Å². The van der Waals surface area contributed by atoms with E-state index < -0.39 is 12.1 Å². The van der Waals surface area contributed by atoms with Crippen LogP contribution < -0.4 is 10.1 Å². The van der Waals surface area contributed by atoms with Crippen molar-refractivity contribution >= 4 is 11.9 Å². The first-order valence-corrected chi connectivity index (χ1v) is 7.15. The lowest BCUT2D eigenvalue weighted by Crippen LogP contribution is -2.35. The number of rotatable bonds is 7. The van der Waals surface area contributed by atoms with E-state index in [2.05, 4.69) is 5.32 Å². The third kappa shape index (κ3) is 5.85. The first kappa shape index (κ1) is 17.0. The third-order valence-corrected chi connectivity index (χ3v) is 2.66. The van der Waals surface area contributed by atoms with Crippen LogP contribution in [0.5, 0.6) is 5.75 Å². The summed E-state index contributed by atoms with van der Waals surface area (Å²) in [6.45, 7) is 8.52. The van der Waals surface area contributed by atoms with Crippen LogP contribution >= 0.6 is 0 Å². The van der Waals surface area contributed by atoms with Crippen molar-refractivity contribution < 1.29 is 19.1 Å². The summed E-state index contributed by atoms with van der Waals surface area (Å²) in [5.41, 5.74) is 0.368. The van der Waals surface area contributed by atoms with Gasteiger partial charge in [0.1, 0.15) is 5.75 Å². The van der Waals surface area contributed by atoms with Crippen LogP contribution in [0.25, 0.3) is 0 Å². The second kappa shape index (κ2) is 8.29. The number of carbonyl (C=O) groups is 2. The predicted molar refractivity (Wildman–Crippen MR) is 80.3 cm³/mol. The molecule has 0 unspecified atom stereocenters. The third-order valence-electron chi connectivity index (χ3n) is 2.66. The highest BCUT2D eigenvalue weighted by molar-refractivity contribution is 5.92. The van der Waals surface area contributed by atoms with Gasteiger partial charge in [0.15, 0.2) is 6.10 Å². The number of benzene rings is 1. The molecule has 5 heteroatoms. The molecule has 1 amide bonds. The summed E-state index contributed by atoms with van der Waals surface area (Å²) in [4.78, 5) is 23.5. The minimum atomic E-state index is -0.822. The summed E-state index contributed by atoms with van der Waals surface area (Å²) in [7, 11) is 0.